The summed E-state index contributed by atoms with van der Waals surface area (Å²) in [6.45, 7) is 5.91. The molecule has 4 heterocycles. The first-order valence-electron chi connectivity index (χ1n) is 14.6. The zero-order valence-corrected chi connectivity index (χ0v) is 25.2. The molecule has 0 unspecified atom stereocenters. The number of hydrogen-bond donors (Lipinski definition) is 2. The lowest BCUT2D eigenvalue weighted by atomic mass is 10.0. The molecule has 44 heavy (non-hydrogen) atoms. The molecular weight excluding hydrogens is 593 g/mol. The molecule has 0 radical (unpaired) electrons. The normalized spacial score (nSPS) is 21.3. The van der Waals surface area contributed by atoms with Crippen LogP contribution in [0.2, 0.25) is 0 Å². The number of alkyl halides is 1. The van der Waals surface area contributed by atoms with E-state index in [2.05, 4.69) is 15.2 Å². The van der Waals surface area contributed by atoms with Crippen molar-refractivity contribution in [3.63, 3.8) is 0 Å². The zero-order chi connectivity index (χ0) is 31.3. The molecule has 3 aromatic rings. The van der Waals surface area contributed by atoms with Crippen molar-refractivity contribution in [1.82, 2.24) is 14.8 Å². The number of benzene rings is 2. The van der Waals surface area contributed by atoms with Gasteiger partial charge in [0.1, 0.15) is 17.8 Å². The summed E-state index contributed by atoms with van der Waals surface area (Å²) in [7, 11) is -4.17. The van der Waals surface area contributed by atoms with Gasteiger partial charge >= 0.3 is 0 Å². The summed E-state index contributed by atoms with van der Waals surface area (Å²) in [5, 5.41) is 2.72. The quantitative estimate of drug-likeness (QED) is 0.359. The predicted octanol–water partition coefficient (Wildman–Crippen LogP) is 5.02. The van der Waals surface area contributed by atoms with Crippen LogP contribution in [0.1, 0.15) is 57.7 Å². The van der Waals surface area contributed by atoms with Crippen LogP contribution in [0.5, 0.6) is 0 Å². The number of rotatable bonds is 7. The van der Waals surface area contributed by atoms with Crippen LogP contribution in [0.15, 0.2) is 41.3 Å². The van der Waals surface area contributed by atoms with E-state index in [1.54, 1.807) is 19.9 Å². The van der Waals surface area contributed by atoms with Crippen molar-refractivity contribution in [3.05, 3.63) is 81.7 Å². The van der Waals surface area contributed by atoms with Crippen LogP contribution in [-0.2, 0) is 20.4 Å². The van der Waals surface area contributed by atoms with E-state index in [1.807, 2.05) is 4.90 Å². The number of amides is 2. The Balaban J connectivity index is 1.28. The van der Waals surface area contributed by atoms with Crippen LogP contribution >= 0.6 is 0 Å². The average Bonchev–Trinajstić information content (AvgIpc) is 3.73. The van der Waals surface area contributed by atoms with Crippen LogP contribution in [0, 0.1) is 25.5 Å². The number of aryl methyl sites for hydroxylation is 1. The lowest BCUT2D eigenvalue weighted by Crippen LogP contribution is -2.43. The van der Waals surface area contributed by atoms with Gasteiger partial charge in [-0.05, 0) is 75.1 Å². The van der Waals surface area contributed by atoms with Gasteiger partial charge in [-0.1, -0.05) is 6.07 Å². The van der Waals surface area contributed by atoms with Gasteiger partial charge in [0.2, 0.25) is 0 Å². The number of carbonyl (C=O) groups excluding carboxylic acids is 2. The highest BCUT2D eigenvalue weighted by Crippen LogP contribution is 2.37. The van der Waals surface area contributed by atoms with E-state index in [0.29, 0.717) is 66.4 Å². The Morgan fingerprint density at radius 1 is 1.09 bits per heavy atom. The summed E-state index contributed by atoms with van der Waals surface area (Å²) in [5.41, 5.74) is 2.67. The van der Waals surface area contributed by atoms with Crippen molar-refractivity contribution in [2.45, 2.75) is 56.0 Å². The second-order valence-electron chi connectivity index (χ2n) is 11.8. The smallest absolute Gasteiger partial charge is 0.256 e. The Bertz CT molecular complexity index is 1780. The molecule has 6 rings (SSSR count). The van der Waals surface area contributed by atoms with Gasteiger partial charge in [0.25, 0.3) is 11.8 Å². The monoisotopic (exact) mass is 626 g/mol. The van der Waals surface area contributed by atoms with E-state index in [9.17, 15) is 31.2 Å². The Hall–Kier alpha value is -3.90. The Kier molecular flexibility index (Phi) is 7.91. The van der Waals surface area contributed by atoms with Crippen LogP contribution < -0.4 is 5.32 Å². The van der Waals surface area contributed by atoms with Crippen molar-refractivity contribution in [1.29, 1.82) is 0 Å². The first-order chi connectivity index (χ1) is 20.9. The number of anilines is 1. The largest absolute Gasteiger partial charge is 0.358 e. The van der Waals surface area contributed by atoms with Gasteiger partial charge in [0.05, 0.1) is 21.8 Å². The molecule has 232 valence electrons. The number of aromatic amines is 1. The molecule has 0 spiro atoms. The molecule has 2 fully saturated rings. The highest BCUT2D eigenvalue weighted by molar-refractivity contribution is 7.90. The van der Waals surface area contributed by atoms with E-state index in [1.165, 1.54) is 18.2 Å². The van der Waals surface area contributed by atoms with Crippen molar-refractivity contribution in [2.75, 3.05) is 31.5 Å². The molecular formula is C32H33F3N4O4S. The van der Waals surface area contributed by atoms with Gasteiger partial charge in [-0.2, -0.15) is 0 Å². The Morgan fingerprint density at radius 2 is 1.84 bits per heavy atom. The topological polar surface area (TPSA) is 103 Å². The molecule has 1 aromatic heterocycles. The van der Waals surface area contributed by atoms with Crippen molar-refractivity contribution in [3.8, 4) is 0 Å². The standard InChI is InChI=1S/C32H33F3N4O4S/c1-18-29(36-19(2)30(18)32(41)39-11-4-5-21(39)16-38-12-10-20(33)15-38)14-24-23-13-22(8-9-28(23)37-31(24)40)44(42,43)17-25-26(34)6-3-7-27(25)35/h3,6-9,13-14,20-21,36H,4-5,10-12,15-17H2,1-2H3,(H,37,40)/b24-14-/t20-,21-/m1/s1. The van der Waals surface area contributed by atoms with Gasteiger partial charge < -0.3 is 15.2 Å². The third-order valence-corrected chi connectivity index (χ3v) is 10.5. The first kappa shape index (κ1) is 30.1. The average molecular weight is 627 g/mol. The number of likely N-dealkylation sites (tertiary alicyclic amines) is 2. The van der Waals surface area contributed by atoms with Gasteiger partial charge in [-0.15, -0.1) is 0 Å². The van der Waals surface area contributed by atoms with Crippen LogP contribution in [0.3, 0.4) is 0 Å². The lowest BCUT2D eigenvalue weighted by Gasteiger charge is -2.28. The summed E-state index contributed by atoms with van der Waals surface area (Å²) in [5.74, 6) is -3.37. The highest BCUT2D eigenvalue weighted by Gasteiger charge is 2.35. The number of sulfone groups is 1. The molecule has 8 nitrogen and oxygen atoms in total. The number of halogens is 3. The summed E-state index contributed by atoms with van der Waals surface area (Å²) in [6, 6.07) is 7.20. The van der Waals surface area contributed by atoms with E-state index in [-0.39, 0.29) is 22.4 Å². The first-order valence-corrected chi connectivity index (χ1v) is 16.3. The van der Waals surface area contributed by atoms with Gasteiger partial charge in [0.15, 0.2) is 9.84 Å². The molecule has 12 heteroatoms. The predicted molar refractivity (Wildman–Crippen MR) is 160 cm³/mol. The number of nitrogens with zero attached hydrogens (tertiary/aromatic N) is 2. The molecule has 2 aromatic carbocycles. The fraction of sp³-hybridized carbons (Fsp3) is 0.375. The van der Waals surface area contributed by atoms with Gasteiger partial charge in [-0.25, -0.2) is 21.6 Å². The maximum absolute atomic E-state index is 14.2. The number of nitrogens with one attached hydrogen (secondary N) is 2. The fourth-order valence-corrected chi connectivity index (χ4v) is 7.91. The molecule has 0 aliphatic carbocycles. The van der Waals surface area contributed by atoms with Gasteiger partial charge in [0, 0.05) is 60.4 Å². The number of aromatic nitrogens is 1. The second kappa shape index (κ2) is 11.6. The van der Waals surface area contributed by atoms with Crippen LogP contribution in [-0.4, -0.2) is 73.4 Å². The molecule has 2 saturated heterocycles. The maximum Gasteiger partial charge on any atom is 0.256 e. The minimum Gasteiger partial charge on any atom is -0.358 e. The molecule has 2 N–H and O–H groups in total. The Labute approximate surface area is 253 Å². The SMILES string of the molecule is Cc1[nH]c(/C=C2\C(=O)Nc3ccc(S(=O)(=O)Cc4c(F)cccc4F)cc32)c(C)c1C(=O)N1CCC[C@@H]1CN1CC[C@@H](F)C1. The molecule has 2 atom stereocenters. The fourth-order valence-electron chi connectivity index (χ4n) is 6.52. The molecule has 0 saturated carbocycles. The van der Waals surface area contributed by atoms with E-state index in [4.69, 9.17) is 0 Å². The van der Waals surface area contributed by atoms with E-state index < -0.39 is 44.9 Å². The third-order valence-electron chi connectivity index (χ3n) is 8.83. The molecule has 2 amide bonds. The van der Waals surface area contributed by atoms with E-state index >= 15 is 0 Å². The number of fused-ring (bicyclic) bond motifs is 1. The molecule has 0 bridgehead atoms. The summed E-state index contributed by atoms with van der Waals surface area (Å²) >= 11 is 0. The third kappa shape index (κ3) is 5.56. The minimum atomic E-state index is -4.17. The number of hydrogen-bond acceptors (Lipinski definition) is 5. The summed E-state index contributed by atoms with van der Waals surface area (Å²) in [4.78, 5) is 33.8. The van der Waals surface area contributed by atoms with Crippen molar-refractivity contribution in [2.24, 2.45) is 0 Å². The number of H-pyrrole nitrogens is 1. The van der Waals surface area contributed by atoms with Gasteiger partial charge in [-0.3, -0.25) is 14.5 Å². The van der Waals surface area contributed by atoms with Crippen LogP contribution in [0.4, 0.5) is 18.9 Å². The van der Waals surface area contributed by atoms with E-state index in [0.717, 1.165) is 31.0 Å². The van der Waals surface area contributed by atoms with Crippen LogP contribution in [0.25, 0.3) is 11.6 Å². The molecule has 3 aliphatic rings. The highest BCUT2D eigenvalue weighted by atomic mass is 32.2. The zero-order valence-electron chi connectivity index (χ0n) is 24.4. The Morgan fingerprint density at radius 3 is 2.55 bits per heavy atom. The lowest BCUT2D eigenvalue weighted by molar-refractivity contribution is -0.110. The summed E-state index contributed by atoms with van der Waals surface area (Å²) in [6.07, 6.45) is 3.00. The van der Waals surface area contributed by atoms with Crippen molar-refractivity contribution < 1.29 is 31.2 Å². The second-order valence-corrected chi connectivity index (χ2v) is 13.8. The van der Waals surface area contributed by atoms with Crippen molar-refractivity contribution >= 4 is 39.0 Å². The molecule has 3 aliphatic heterocycles. The summed E-state index contributed by atoms with van der Waals surface area (Å²) < 4.78 is 68.5. The minimum absolute atomic E-state index is 0.00556. The number of carbonyl (C=O) groups is 2. The maximum atomic E-state index is 14.2.